The Morgan fingerprint density at radius 2 is 1.54 bits per heavy atom. The van der Waals surface area contributed by atoms with Crippen molar-refractivity contribution in [2.24, 2.45) is 5.73 Å². The molecule has 12 nitrogen and oxygen atoms in total. The number of amides is 4. The number of carbonyl (C=O) groups is 3. The van der Waals surface area contributed by atoms with Crippen LogP contribution in [0.15, 0.2) is 36.4 Å². The van der Waals surface area contributed by atoms with Gasteiger partial charge in [0.25, 0.3) is 11.8 Å². The lowest BCUT2D eigenvalue weighted by Gasteiger charge is -2.36. The van der Waals surface area contributed by atoms with Crippen molar-refractivity contribution >= 4 is 35.2 Å². The lowest BCUT2D eigenvalue weighted by Crippen LogP contribution is -2.53. The third kappa shape index (κ3) is 6.58. The van der Waals surface area contributed by atoms with Crippen molar-refractivity contribution in [3.05, 3.63) is 47.5 Å². The standard InChI is InChI=1S/C27H35N7O5/c28-24(35)22-7-8-23(34-9-1-2-21(18-34)30-27(37)33-12-16-39-17-13-33)31-25(22)29-20-5-3-19(4-6-20)26(36)32-10-14-38-15-11-32/h3-8,21H,1-2,9-18H2,(H2,28,35)(H,29,31)(H,30,37)/t21-/m1/s1. The van der Waals surface area contributed by atoms with E-state index in [2.05, 4.69) is 15.5 Å². The van der Waals surface area contributed by atoms with Crippen LogP contribution in [0.25, 0.3) is 0 Å². The molecule has 5 rings (SSSR count). The minimum atomic E-state index is -0.593. The Kier molecular flexibility index (Phi) is 8.42. The van der Waals surface area contributed by atoms with Crippen molar-refractivity contribution in [3.63, 3.8) is 0 Å². The van der Waals surface area contributed by atoms with Crippen LogP contribution in [0.5, 0.6) is 0 Å². The number of carbonyl (C=O) groups excluding carboxylic acids is 3. The van der Waals surface area contributed by atoms with Gasteiger partial charge in [-0.15, -0.1) is 0 Å². The van der Waals surface area contributed by atoms with Crippen LogP contribution in [0.1, 0.15) is 33.6 Å². The monoisotopic (exact) mass is 537 g/mol. The van der Waals surface area contributed by atoms with Crippen LogP contribution in [0.3, 0.4) is 0 Å². The van der Waals surface area contributed by atoms with Gasteiger partial charge in [0.05, 0.1) is 32.0 Å². The van der Waals surface area contributed by atoms with Gasteiger partial charge in [0, 0.05) is 56.6 Å². The van der Waals surface area contributed by atoms with Gasteiger partial charge in [-0.05, 0) is 49.2 Å². The first-order valence-electron chi connectivity index (χ1n) is 13.4. The predicted octanol–water partition coefficient (Wildman–Crippen LogP) is 1.41. The van der Waals surface area contributed by atoms with Gasteiger partial charge in [-0.2, -0.15) is 0 Å². The minimum absolute atomic E-state index is 0.0142. The Bertz CT molecular complexity index is 1180. The van der Waals surface area contributed by atoms with Gasteiger partial charge in [-0.25, -0.2) is 9.78 Å². The molecule has 3 aliphatic rings. The number of nitrogens with zero attached hydrogens (tertiary/aromatic N) is 4. The van der Waals surface area contributed by atoms with Crippen LogP contribution in [0.4, 0.5) is 22.1 Å². The summed E-state index contributed by atoms with van der Waals surface area (Å²) in [4.78, 5) is 48.0. The number of primary amides is 1. The van der Waals surface area contributed by atoms with Crippen LogP contribution >= 0.6 is 0 Å². The number of hydrogen-bond donors (Lipinski definition) is 3. The summed E-state index contributed by atoms with van der Waals surface area (Å²) in [5.41, 5.74) is 7.16. The number of benzene rings is 1. The van der Waals surface area contributed by atoms with Crippen molar-refractivity contribution in [1.29, 1.82) is 0 Å². The number of hydrogen-bond acceptors (Lipinski definition) is 8. The van der Waals surface area contributed by atoms with Crippen LogP contribution in [-0.2, 0) is 9.47 Å². The predicted molar refractivity (Wildman–Crippen MR) is 145 cm³/mol. The molecule has 0 radical (unpaired) electrons. The first-order chi connectivity index (χ1) is 19.0. The average Bonchev–Trinajstić information content (AvgIpc) is 2.98. The molecule has 4 amide bonds. The molecule has 3 fully saturated rings. The van der Waals surface area contributed by atoms with Gasteiger partial charge >= 0.3 is 6.03 Å². The van der Waals surface area contributed by atoms with E-state index in [-0.39, 0.29) is 23.5 Å². The Morgan fingerprint density at radius 3 is 2.21 bits per heavy atom. The van der Waals surface area contributed by atoms with Crippen LogP contribution < -0.4 is 21.3 Å². The Labute approximate surface area is 227 Å². The van der Waals surface area contributed by atoms with Crippen molar-refractivity contribution in [3.8, 4) is 0 Å². The van der Waals surface area contributed by atoms with Crippen LogP contribution in [-0.4, -0.2) is 104 Å². The summed E-state index contributed by atoms with van der Waals surface area (Å²) in [5, 5.41) is 6.34. The second-order valence-electron chi connectivity index (χ2n) is 9.87. The fourth-order valence-corrected chi connectivity index (χ4v) is 5.04. The van der Waals surface area contributed by atoms with Crippen molar-refractivity contribution in [1.82, 2.24) is 20.1 Å². The number of nitrogens with two attached hydrogens (primary N) is 1. The zero-order chi connectivity index (χ0) is 27.2. The first-order valence-corrected chi connectivity index (χ1v) is 13.4. The zero-order valence-corrected chi connectivity index (χ0v) is 21.9. The molecule has 4 N–H and O–H groups in total. The number of morpholine rings is 2. The van der Waals surface area contributed by atoms with Gasteiger partial charge < -0.3 is 40.5 Å². The van der Waals surface area contributed by atoms with E-state index in [1.54, 1.807) is 46.2 Å². The number of ether oxygens (including phenoxy) is 2. The van der Waals surface area contributed by atoms with E-state index < -0.39 is 5.91 Å². The Morgan fingerprint density at radius 1 is 0.872 bits per heavy atom. The van der Waals surface area contributed by atoms with Gasteiger partial charge in [-0.1, -0.05) is 0 Å². The molecule has 0 unspecified atom stereocenters. The highest BCUT2D eigenvalue weighted by molar-refractivity contribution is 5.99. The molecule has 2 aromatic rings. The molecule has 1 aromatic carbocycles. The smallest absolute Gasteiger partial charge is 0.317 e. The number of rotatable bonds is 6. The van der Waals surface area contributed by atoms with Gasteiger partial charge in [0.2, 0.25) is 0 Å². The molecule has 0 spiro atoms. The first kappa shape index (κ1) is 26.7. The maximum absolute atomic E-state index is 12.8. The molecule has 1 aromatic heterocycles. The Balaban J connectivity index is 1.26. The molecule has 3 aliphatic heterocycles. The maximum atomic E-state index is 12.8. The second-order valence-corrected chi connectivity index (χ2v) is 9.87. The van der Waals surface area contributed by atoms with Crippen LogP contribution in [0.2, 0.25) is 0 Å². The highest BCUT2D eigenvalue weighted by Gasteiger charge is 2.26. The molecular formula is C27H35N7O5. The number of aromatic nitrogens is 1. The van der Waals surface area contributed by atoms with Crippen molar-refractivity contribution in [2.75, 3.05) is 75.9 Å². The molecule has 12 heteroatoms. The normalized spacial score (nSPS) is 19.9. The molecule has 3 saturated heterocycles. The summed E-state index contributed by atoms with van der Waals surface area (Å²) in [7, 11) is 0. The SMILES string of the molecule is NC(=O)c1ccc(N2CCC[C@@H](NC(=O)N3CCOCC3)C2)nc1Nc1ccc(C(=O)N2CCOCC2)cc1. The van der Waals surface area contributed by atoms with Crippen molar-refractivity contribution < 1.29 is 23.9 Å². The average molecular weight is 538 g/mol. The largest absolute Gasteiger partial charge is 0.378 e. The van der Waals surface area contributed by atoms with Gasteiger partial charge in [0.15, 0.2) is 0 Å². The topological polar surface area (TPSA) is 142 Å². The van der Waals surface area contributed by atoms with Gasteiger partial charge in [-0.3, -0.25) is 9.59 Å². The van der Waals surface area contributed by atoms with Gasteiger partial charge in [0.1, 0.15) is 11.6 Å². The number of piperidine rings is 1. The summed E-state index contributed by atoms with van der Waals surface area (Å²) in [6.45, 7) is 5.93. The molecule has 39 heavy (non-hydrogen) atoms. The summed E-state index contributed by atoms with van der Waals surface area (Å²) >= 11 is 0. The number of anilines is 3. The quantitative estimate of drug-likeness (QED) is 0.502. The van der Waals surface area contributed by atoms with E-state index in [1.807, 2.05) is 0 Å². The van der Waals surface area contributed by atoms with E-state index in [0.29, 0.717) is 82.0 Å². The number of urea groups is 1. The highest BCUT2D eigenvalue weighted by Crippen LogP contribution is 2.25. The van der Waals surface area contributed by atoms with Crippen molar-refractivity contribution in [2.45, 2.75) is 18.9 Å². The number of pyridine rings is 1. The Hall–Kier alpha value is -3.90. The van der Waals surface area contributed by atoms with E-state index in [1.165, 1.54) is 0 Å². The maximum Gasteiger partial charge on any atom is 0.317 e. The van der Waals surface area contributed by atoms with E-state index in [9.17, 15) is 14.4 Å². The lowest BCUT2D eigenvalue weighted by atomic mass is 10.1. The third-order valence-electron chi connectivity index (χ3n) is 7.21. The minimum Gasteiger partial charge on any atom is -0.378 e. The summed E-state index contributed by atoms with van der Waals surface area (Å²) < 4.78 is 10.7. The lowest BCUT2D eigenvalue weighted by molar-refractivity contribution is 0.0303. The molecule has 1 atom stereocenters. The molecule has 4 heterocycles. The van der Waals surface area contributed by atoms with E-state index in [4.69, 9.17) is 20.2 Å². The highest BCUT2D eigenvalue weighted by atomic mass is 16.5. The fourth-order valence-electron chi connectivity index (χ4n) is 5.04. The molecule has 0 aliphatic carbocycles. The summed E-state index contributed by atoms with van der Waals surface area (Å²) in [5.74, 6) is 0.395. The van der Waals surface area contributed by atoms with E-state index >= 15 is 0 Å². The molecule has 208 valence electrons. The fraction of sp³-hybridized carbons (Fsp3) is 0.481. The summed E-state index contributed by atoms with van der Waals surface area (Å²) in [6, 6.07) is 10.4. The van der Waals surface area contributed by atoms with E-state index in [0.717, 1.165) is 19.4 Å². The molecule has 0 saturated carbocycles. The third-order valence-corrected chi connectivity index (χ3v) is 7.21. The number of nitrogens with one attached hydrogen (secondary N) is 2. The second kappa shape index (κ2) is 12.3. The summed E-state index contributed by atoms with van der Waals surface area (Å²) in [6.07, 6.45) is 1.78. The molecular weight excluding hydrogens is 502 g/mol. The zero-order valence-electron chi connectivity index (χ0n) is 21.9. The van der Waals surface area contributed by atoms with Crippen LogP contribution in [0, 0.1) is 0 Å². The molecule has 0 bridgehead atoms.